The smallest absolute Gasteiger partial charge is 0.288 e. The lowest BCUT2D eigenvalue weighted by Gasteiger charge is -2.40. The van der Waals surface area contributed by atoms with Gasteiger partial charge in [-0.25, -0.2) is 0 Å². The zero-order valence-electron chi connectivity index (χ0n) is 11.5. The lowest BCUT2D eigenvalue weighted by atomic mass is 9.78. The number of aliphatic hydroxyl groups excluding tert-OH is 1. The van der Waals surface area contributed by atoms with E-state index in [0.29, 0.717) is 24.2 Å². The summed E-state index contributed by atoms with van der Waals surface area (Å²) in [7, 11) is 0. The Bertz CT molecular complexity index is 587. The summed E-state index contributed by atoms with van der Waals surface area (Å²) >= 11 is 0. The maximum Gasteiger partial charge on any atom is 0.288 e. The topological polar surface area (TPSA) is 89.7 Å². The monoisotopic (exact) mass is 291 g/mol. The van der Waals surface area contributed by atoms with Gasteiger partial charge >= 0.3 is 0 Å². The molecule has 3 rings (SSSR count). The van der Waals surface area contributed by atoms with Crippen LogP contribution in [-0.2, 0) is 4.79 Å². The molecule has 1 aliphatic carbocycles. The highest BCUT2D eigenvalue weighted by atomic mass is 16.6. The van der Waals surface area contributed by atoms with Crippen LogP contribution in [0.15, 0.2) is 24.3 Å². The van der Waals surface area contributed by atoms with Crippen molar-refractivity contribution in [2.24, 2.45) is 0 Å². The first-order chi connectivity index (χ1) is 10.1. The molecule has 3 atom stereocenters. The third-order valence-corrected chi connectivity index (χ3v) is 4.46. The van der Waals surface area contributed by atoms with Crippen molar-refractivity contribution in [3.8, 4) is 5.75 Å². The number of carbonyl (C=O) groups excluding carboxylic acids is 1. The minimum Gasteiger partial charge on any atom is -0.472 e. The summed E-state index contributed by atoms with van der Waals surface area (Å²) in [5.41, 5.74) is -1.16. The molecule has 0 saturated heterocycles. The average Bonchev–Trinajstić information content (AvgIpc) is 2.62. The number of fused-ring (bicyclic) bond motifs is 1. The fourth-order valence-electron chi connectivity index (χ4n) is 3.41. The number of aliphatic hydroxyl groups is 1. The predicted octanol–water partition coefficient (Wildman–Crippen LogP) is 2.03. The Morgan fingerprint density at radius 3 is 2.81 bits per heavy atom. The maximum atomic E-state index is 12.5. The van der Waals surface area contributed by atoms with Crippen molar-refractivity contribution in [3.63, 3.8) is 0 Å². The van der Waals surface area contributed by atoms with E-state index in [2.05, 4.69) is 0 Å². The molecular weight excluding hydrogens is 274 g/mol. The number of carbonyl (C=O) groups is 1. The third-order valence-electron chi connectivity index (χ3n) is 4.46. The number of nitro groups is 1. The van der Waals surface area contributed by atoms with E-state index in [1.54, 1.807) is 24.3 Å². The van der Waals surface area contributed by atoms with Gasteiger partial charge in [-0.1, -0.05) is 24.6 Å². The standard InChI is InChI=1S/C15H17NO5/c17-12-8-2-1-5-9-15(12)14(16(19)20)13(18)10-6-3-4-7-11(10)21-15/h3-4,6-7,13-14,18H,1-2,5,8-9H2. The lowest BCUT2D eigenvalue weighted by Crippen LogP contribution is -2.61. The molecule has 1 heterocycles. The molecule has 1 aromatic rings. The number of ketones is 1. The zero-order valence-corrected chi connectivity index (χ0v) is 11.5. The fourth-order valence-corrected chi connectivity index (χ4v) is 3.41. The molecule has 0 bridgehead atoms. The van der Waals surface area contributed by atoms with Crippen LogP contribution in [0.1, 0.15) is 43.8 Å². The number of hydrogen-bond acceptors (Lipinski definition) is 5. The number of para-hydroxylation sites is 1. The van der Waals surface area contributed by atoms with E-state index >= 15 is 0 Å². The van der Waals surface area contributed by atoms with Gasteiger partial charge in [-0.05, 0) is 18.9 Å². The fraction of sp³-hybridized carbons (Fsp3) is 0.533. The van der Waals surface area contributed by atoms with Crippen LogP contribution in [0.5, 0.6) is 5.75 Å². The predicted molar refractivity (Wildman–Crippen MR) is 73.6 cm³/mol. The Hall–Kier alpha value is -1.95. The highest BCUT2D eigenvalue weighted by molar-refractivity contribution is 5.89. The molecule has 1 N–H and O–H groups in total. The Morgan fingerprint density at radius 1 is 1.29 bits per heavy atom. The summed E-state index contributed by atoms with van der Waals surface area (Å²) in [5.74, 6) is 0.105. The van der Waals surface area contributed by atoms with Gasteiger partial charge in [0.1, 0.15) is 5.75 Å². The third kappa shape index (κ3) is 2.10. The number of Topliss-reactive ketones (excluding diaryl/α,β-unsaturated/α-hetero) is 1. The Morgan fingerprint density at radius 2 is 2.05 bits per heavy atom. The maximum absolute atomic E-state index is 12.5. The van der Waals surface area contributed by atoms with Gasteiger partial charge in [0.05, 0.1) is 0 Å². The number of nitrogens with zero attached hydrogens (tertiary/aromatic N) is 1. The molecule has 1 aliphatic heterocycles. The average molecular weight is 291 g/mol. The summed E-state index contributed by atoms with van der Waals surface area (Å²) < 4.78 is 5.85. The van der Waals surface area contributed by atoms with Crippen molar-refractivity contribution >= 4 is 5.78 Å². The molecule has 3 unspecified atom stereocenters. The van der Waals surface area contributed by atoms with Gasteiger partial charge in [0.15, 0.2) is 11.9 Å². The summed E-state index contributed by atoms with van der Waals surface area (Å²) in [4.78, 5) is 23.5. The van der Waals surface area contributed by atoms with Gasteiger partial charge in [0, 0.05) is 23.3 Å². The molecule has 6 heteroatoms. The van der Waals surface area contributed by atoms with Crippen molar-refractivity contribution in [3.05, 3.63) is 39.9 Å². The van der Waals surface area contributed by atoms with E-state index in [4.69, 9.17) is 4.74 Å². The van der Waals surface area contributed by atoms with E-state index in [0.717, 1.165) is 6.42 Å². The number of benzene rings is 1. The second-order valence-corrected chi connectivity index (χ2v) is 5.69. The molecule has 2 aliphatic rings. The van der Waals surface area contributed by atoms with E-state index in [9.17, 15) is 20.0 Å². The van der Waals surface area contributed by atoms with Crippen LogP contribution >= 0.6 is 0 Å². The second-order valence-electron chi connectivity index (χ2n) is 5.69. The summed E-state index contributed by atoms with van der Waals surface area (Å²) in [6.45, 7) is 0. The van der Waals surface area contributed by atoms with Crippen LogP contribution in [0, 0.1) is 10.1 Å². The number of ether oxygens (including phenoxy) is 1. The lowest BCUT2D eigenvalue weighted by molar-refractivity contribution is -0.555. The molecule has 1 fully saturated rings. The summed E-state index contributed by atoms with van der Waals surface area (Å²) in [6, 6.07) is 5.22. The van der Waals surface area contributed by atoms with Gasteiger partial charge in [-0.3, -0.25) is 14.9 Å². The van der Waals surface area contributed by atoms with E-state index in [1.165, 1.54) is 0 Å². The van der Waals surface area contributed by atoms with Crippen molar-refractivity contribution in [2.45, 2.75) is 49.9 Å². The van der Waals surface area contributed by atoms with Crippen LogP contribution in [-0.4, -0.2) is 27.5 Å². The quantitative estimate of drug-likeness (QED) is 0.631. The van der Waals surface area contributed by atoms with Gasteiger partial charge in [-0.15, -0.1) is 0 Å². The minimum absolute atomic E-state index is 0.263. The molecule has 1 saturated carbocycles. The van der Waals surface area contributed by atoms with Crippen molar-refractivity contribution in [2.75, 3.05) is 0 Å². The van der Waals surface area contributed by atoms with E-state index in [1.807, 2.05) is 0 Å². The Labute approximate surface area is 121 Å². The van der Waals surface area contributed by atoms with Crippen LogP contribution in [0.25, 0.3) is 0 Å². The van der Waals surface area contributed by atoms with Crippen molar-refractivity contribution in [1.82, 2.24) is 0 Å². The minimum atomic E-state index is -1.53. The number of rotatable bonds is 1. The van der Waals surface area contributed by atoms with Crippen molar-refractivity contribution in [1.29, 1.82) is 0 Å². The summed E-state index contributed by atoms with van der Waals surface area (Å²) in [6.07, 6.45) is 1.46. The normalized spacial score (nSPS) is 32.1. The van der Waals surface area contributed by atoms with Gasteiger partial charge in [0.2, 0.25) is 5.60 Å². The van der Waals surface area contributed by atoms with Crippen LogP contribution in [0.2, 0.25) is 0 Å². The van der Waals surface area contributed by atoms with Crippen LogP contribution in [0.3, 0.4) is 0 Å². The Balaban J connectivity index is 2.14. The zero-order chi connectivity index (χ0) is 15.0. The van der Waals surface area contributed by atoms with Gasteiger partial charge in [0.25, 0.3) is 6.04 Å². The molecule has 0 radical (unpaired) electrons. The highest BCUT2D eigenvalue weighted by Crippen LogP contribution is 2.45. The van der Waals surface area contributed by atoms with Crippen molar-refractivity contribution < 1.29 is 19.6 Å². The SMILES string of the molecule is O=C1CCCCCC12Oc1ccccc1C(O)C2[N+](=O)[O-]. The first kappa shape index (κ1) is 14.0. The largest absolute Gasteiger partial charge is 0.472 e. The first-order valence-electron chi connectivity index (χ1n) is 7.19. The van der Waals surface area contributed by atoms with Gasteiger partial charge < -0.3 is 9.84 Å². The summed E-state index contributed by atoms with van der Waals surface area (Å²) in [5, 5.41) is 22.0. The van der Waals surface area contributed by atoms with Crippen LogP contribution in [0.4, 0.5) is 0 Å². The molecule has 21 heavy (non-hydrogen) atoms. The first-order valence-corrected chi connectivity index (χ1v) is 7.19. The van der Waals surface area contributed by atoms with E-state index in [-0.39, 0.29) is 18.6 Å². The molecular formula is C15H17NO5. The highest BCUT2D eigenvalue weighted by Gasteiger charge is 2.61. The molecule has 6 nitrogen and oxygen atoms in total. The van der Waals surface area contributed by atoms with Gasteiger partial charge in [-0.2, -0.15) is 0 Å². The number of hydrogen-bond donors (Lipinski definition) is 1. The second kappa shape index (κ2) is 5.11. The molecule has 1 aromatic carbocycles. The van der Waals surface area contributed by atoms with Crippen LogP contribution < -0.4 is 4.74 Å². The molecule has 112 valence electrons. The molecule has 1 spiro atoms. The molecule has 0 aromatic heterocycles. The molecule has 0 amide bonds. The van der Waals surface area contributed by atoms with E-state index < -0.39 is 22.7 Å². The Kier molecular flexibility index (Phi) is 3.41.